The highest BCUT2D eigenvalue weighted by Crippen LogP contribution is 2.11. The lowest BCUT2D eigenvalue weighted by Crippen LogP contribution is -2.24. The first-order valence-electron chi connectivity index (χ1n) is 6.67. The second-order valence-corrected chi connectivity index (χ2v) is 4.54. The maximum atomic E-state index is 12.2. The van der Waals surface area contributed by atoms with Crippen LogP contribution in [0.15, 0.2) is 30.6 Å². The molecule has 0 radical (unpaired) electrons. The van der Waals surface area contributed by atoms with Crippen molar-refractivity contribution in [1.82, 2.24) is 15.3 Å². The topological polar surface area (TPSA) is 78.0 Å². The molecule has 108 valence electrons. The Morgan fingerprint density at radius 2 is 2.33 bits per heavy atom. The van der Waals surface area contributed by atoms with Crippen molar-refractivity contribution < 1.29 is 9.90 Å². The number of benzene rings is 1. The van der Waals surface area contributed by atoms with E-state index in [1.807, 2.05) is 19.1 Å². The van der Waals surface area contributed by atoms with E-state index in [4.69, 9.17) is 5.11 Å². The van der Waals surface area contributed by atoms with Crippen LogP contribution >= 0.6 is 0 Å². The molecule has 1 heterocycles. The summed E-state index contributed by atoms with van der Waals surface area (Å²) in [6.45, 7) is 2.30. The number of imidazole rings is 1. The van der Waals surface area contributed by atoms with Crippen molar-refractivity contribution in [3.05, 3.63) is 53.1 Å². The molecule has 5 heteroatoms. The summed E-state index contributed by atoms with van der Waals surface area (Å²) in [6, 6.07) is 5.50. The van der Waals surface area contributed by atoms with Gasteiger partial charge in [0.25, 0.3) is 5.91 Å². The first kappa shape index (κ1) is 14.8. The van der Waals surface area contributed by atoms with E-state index in [0.29, 0.717) is 29.9 Å². The van der Waals surface area contributed by atoms with E-state index in [1.165, 1.54) is 0 Å². The number of H-pyrrole nitrogens is 1. The van der Waals surface area contributed by atoms with E-state index in [1.54, 1.807) is 18.5 Å². The number of aliphatic hydroxyl groups excluding tert-OH is 1. The fourth-order valence-electron chi connectivity index (χ4n) is 1.83. The van der Waals surface area contributed by atoms with Crippen LogP contribution in [-0.2, 0) is 6.54 Å². The number of rotatable bonds is 4. The van der Waals surface area contributed by atoms with Gasteiger partial charge in [-0.15, -0.1) is 0 Å². The van der Waals surface area contributed by atoms with Gasteiger partial charge in [-0.2, -0.15) is 0 Å². The van der Waals surface area contributed by atoms with E-state index in [0.717, 1.165) is 5.56 Å². The lowest BCUT2D eigenvalue weighted by Gasteiger charge is -2.06. The van der Waals surface area contributed by atoms with Gasteiger partial charge >= 0.3 is 0 Å². The van der Waals surface area contributed by atoms with Crippen molar-refractivity contribution >= 4 is 5.91 Å². The number of hydrogen-bond acceptors (Lipinski definition) is 3. The molecule has 0 spiro atoms. The molecule has 0 saturated carbocycles. The molecule has 0 aliphatic heterocycles. The molecule has 0 atom stereocenters. The third-order valence-electron chi connectivity index (χ3n) is 2.85. The first-order valence-corrected chi connectivity index (χ1v) is 6.67. The lowest BCUT2D eigenvalue weighted by molar-refractivity contribution is 0.0949. The number of nitrogens with one attached hydrogen (secondary N) is 2. The van der Waals surface area contributed by atoms with E-state index in [-0.39, 0.29) is 12.5 Å². The molecule has 0 unspecified atom stereocenters. The molecule has 1 amide bonds. The highest BCUT2D eigenvalue weighted by molar-refractivity contribution is 5.96. The zero-order chi connectivity index (χ0) is 15.1. The van der Waals surface area contributed by atoms with E-state index >= 15 is 0 Å². The Bertz CT molecular complexity index is 667. The van der Waals surface area contributed by atoms with Gasteiger partial charge in [0.15, 0.2) is 0 Å². The molecular formula is C16H17N3O2. The molecule has 0 aliphatic carbocycles. The molecule has 5 nitrogen and oxygen atoms in total. The number of nitrogens with zero attached hydrogens (tertiary/aromatic N) is 1. The van der Waals surface area contributed by atoms with Crippen LogP contribution in [0, 0.1) is 18.8 Å². The maximum absolute atomic E-state index is 12.2. The zero-order valence-electron chi connectivity index (χ0n) is 11.8. The van der Waals surface area contributed by atoms with Gasteiger partial charge < -0.3 is 15.4 Å². The predicted molar refractivity (Wildman–Crippen MR) is 79.5 cm³/mol. The number of amides is 1. The van der Waals surface area contributed by atoms with Gasteiger partial charge in [0.2, 0.25) is 0 Å². The minimum Gasteiger partial charge on any atom is -0.395 e. The van der Waals surface area contributed by atoms with Gasteiger partial charge in [0.1, 0.15) is 5.82 Å². The van der Waals surface area contributed by atoms with Crippen molar-refractivity contribution in [3.8, 4) is 11.8 Å². The highest BCUT2D eigenvalue weighted by Gasteiger charge is 2.10. The number of aromatic amines is 1. The summed E-state index contributed by atoms with van der Waals surface area (Å²) >= 11 is 0. The maximum Gasteiger partial charge on any atom is 0.252 e. The molecule has 2 rings (SSSR count). The fourth-order valence-corrected chi connectivity index (χ4v) is 1.83. The molecule has 0 aliphatic rings. The smallest absolute Gasteiger partial charge is 0.252 e. The molecule has 0 fully saturated rings. The second-order valence-electron chi connectivity index (χ2n) is 4.54. The number of carbonyl (C=O) groups is 1. The Hall–Kier alpha value is -2.58. The minimum atomic E-state index is -0.195. The van der Waals surface area contributed by atoms with Crippen LogP contribution in [0.25, 0.3) is 0 Å². The SMILES string of the molecule is Cc1ccc(C(=O)NCc2ncc[nH]2)c(C#CCCO)c1. The Kier molecular flexibility index (Phi) is 5.13. The van der Waals surface area contributed by atoms with Crippen LogP contribution in [0.3, 0.4) is 0 Å². The zero-order valence-corrected chi connectivity index (χ0v) is 11.8. The van der Waals surface area contributed by atoms with Crippen LogP contribution in [0.4, 0.5) is 0 Å². The van der Waals surface area contributed by atoms with Gasteiger partial charge in [0.05, 0.1) is 18.7 Å². The third-order valence-corrected chi connectivity index (χ3v) is 2.85. The van der Waals surface area contributed by atoms with E-state index in [9.17, 15) is 4.79 Å². The summed E-state index contributed by atoms with van der Waals surface area (Å²) in [6.07, 6.45) is 3.74. The fraction of sp³-hybridized carbons (Fsp3) is 0.250. The van der Waals surface area contributed by atoms with Crippen molar-refractivity contribution in [2.75, 3.05) is 6.61 Å². The Morgan fingerprint density at radius 1 is 1.48 bits per heavy atom. The van der Waals surface area contributed by atoms with Crippen LogP contribution in [0.1, 0.15) is 33.7 Å². The van der Waals surface area contributed by atoms with Crippen molar-refractivity contribution in [2.24, 2.45) is 0 Å². The highest BCUT2D eigenvalue weighted by atomic mass is 16.2. The summed E-state index contributed by atoms with van der Waals surface area (Å²) in [4.78, 5) is 19.2. The van der Waals surface area contributed by atoms with Crippen LogP contribution in [-0.4, -0.2) is 27.6 Å². The summed E-state index contributed by atoms with van der Waals surface area (Å²) in [7, 11) is 0. The third kappa shape index (κ3) is 4.20. The quantitative estimate of drug-likeness (QED) is 0.742. The Balaban J connectivity index is 2.14. The molecule has 1 aromatic heterocycles. The van der Waals surface area contributed by atoms with E-state index in [2.05, 4.69) is 27.1 Å². The van der Waals surface area contributed by atoms with Gasteiger partial charge in [0, 0.05) is 24.4 Å². The van der Waals surface area contributed by atoms with Gasteiger partial charge in [-0.1, -0.05) is 17.9 Å². The van der Waals surface area contributed by atoms with E-state index < -0.39 is 0 Å². The molecule has 0 bridgehead atoms. The minimum absolute atomic E-state index is 0.0127. The number of aliphatic hydroxyl groups is 1. The standard InChI is InChI=1S/C16H17N3O2/c1-12-5-6-14(13(10-12)4-2-3-9-20)16(21)19-11-15-17-7-8-18-15/h5-8,10,20H,3,9,11H2,1H3,(H,17,18)(H,19,21). The normalized spacial score (nSPS) is 9.81. The summed E-state index contributed by atoms with van der Waals surface area (Å²) < 4.78 is 0. The van der Waals surface area contributed by atoms with Crippen molar-refractivity contribution in [2.45, 2.75) is 19.9 Å². The Labute approximate surface area is 123 Å². The summed E-state index contributed by atoms with van der Waals surface area (Å²) in [5, 5.41) is 11.6. The largest absolute Gasteiger partial charge is 0.395 e. The van der Waals surface area contributed by atoms with Crippen molar-refractivity contribution in [3.63, 3.8) is 0 Å². The number of carbonyl (C=O) groups excluding carboxylic acids is 1. The molecule has 3 N–H and O–H groups in total. The number of aryl methyl sites for hydroxylation is 1. The number of hydrogen-bond donors (Lipinski definition) is 3. The monoisotopic (exact) mass is 283 g/mol. The molecular weight excluding hydrogens is 266 g/mol. The average Bonchev–Trinajstić information content (AvgIpc) is 2.98. The van der Waals surface area contributed by atoms with Gasteiger partial charge in [-0.3, -0.25) is 4.79 Å². The first-order chi connectivity index (χ1) is 10.2. The molecule has 0 saturated heterocycles. The molecule has 1 aromatic carbocycles. The predicted octanol–water partition coefficient (Wildman–Crippen LogP) is 1.38. The van der Waals surface area contributed by atoms with Gasteiger partial charge in [-0.25, -0.2) is 4.98 Å². The van der Waals surface area contributed by atoms with Crippen LogP contribution in [0.5, 0.6) is 0 Å². The lowest BCUT2D eigenvalue weighted by atomic mass is 10.0. The molecule has 2 aromatic rings. The average molecular weight is 283 g/mol. The van der Waals surface area contributed by atoms with Crippen LogP contribution in [0.2, 0.25) is 0 Å². The van der Waals surface area contributed by atoms with Gasteiger partial charge in [-0.05, 0) is 24.6 Å². The number of aromatic nitrogens is 2. The second kappa shape index (κ2) is 7.27. The van der Waals surface area contributed by atoms with Crippen LogP contribution < -0.4 is 5.32 Å². The Morgan fingerprint density at radius 3 is 3.05 bits per heavy atom. The van der Waals surface area contributed by atoms with Crippen molar-refractivity contribution in [1.29, 1.82) is 0 Å². The molecule has 21 heavy (non-hydrogen) atoms. The summed E-state index contributed by atoms with van der Waals surface area (Å²) in [5.74, 6) is 6.28. The summed E-state index contributed by atoms with van der Waals surface area (Å²) in [5.41, 5.74) is 2.23.